The van der Waals surface area contributed by atoms with Crippen molar-refractivity contribution in [1.29, 1.82) is 0 Å². The Morgan fingerprint density at radius 1 is 1.30 bits per heavy atom. The molecule has 3 rings (SSSR count). The van der Waals surface area contributed by atoms with E-state index in [-0.39, 0.29) is 5.43 Å². The summed E-state index contributed by atoms with van der Waals surface area (Å²) in [7, 11) is 0. The first-order chi connectivity index (χ1) is 11.0. The molecule has 2 aromatic heterocycles. The van der Waals surface area contributed by atoms with Crippen LogP contribution in [0.5, 0.6) is 0 Å². The van der Waals surface area contributed by atoms with Crippen molar-refractivity contribution in [2.45, 2.75) is 26.9 Å². The molecule has 2 heterocycles. The molecule has 0 atom stereocenters. The Balaban J connectivity index is 1.84. The third-order valence-corrected chi connectivity index (χ3v) is 3.62. The van der Waals surface area contributed by atoms with Crippen molar-refractivity contribution in [1.82, 2.24) is 20.0 Å². The largest absolute Gasteiger partial charge is 0.357 e. The van der Waals surface area contributed by atoms with Crippen molar-refractivity contribution in [2.75, 3.05) is 6.54 Å². The number of hydrogen-bond acceptors (Lipinski definition) is 5. The van der Waals surface area contributed by atoms with E-state index in [9.17, 15) is 9.18 Å². The third-order valence-electron chi connectivity index (χ3n) is 3.62. The van der Waals surface area contributed by atoms with E-state index in [1.54, 1.807) is 13.0 Å². The fourth-order valence-electron chi connectivity index (χ4n) is 2.49. The van der Waals surface area contributed by atoms with Crippen LogP contribution in [0.4, 0.5) is 4.39 Å². The lowest BCUT2D eigenvalue weighted by Crippen LogP contribution is -2.24. The maximum Gasteiger partial charge on any atom is 0.223 e. The molecule has 120 valence electrons. The highest BCUT2D eigenvalue weighted by molar-refractivity contribution is 5.78. The van der Waals surface area contributed by atoms with Crippen LogP contribution < -0.4 is 5.43 Å². The second-order valence-electron chi connectivity index (χ2n) is 5.38. The summed E-state index contributed by atoms with van der Waals surface area (Å²) in [5.41, 5.74) is 1.19. The SMILES string of the molecule is CCN(Cc1noc(C)n1)Cc1cc(=O)c2cc(F)ccc2[nH]1. The van der Waals surface area contributed by atoms with Gasteiger partial charge < -0.3 is 9.51 Å². The van der Waals surface area contributed by atoms with Crippen molar-refractivity contribution < 1.29 is 8.91 Å². The molecule has 0 saturated carbocycles. The molecule has 0 aliphatic rings. The third kappa shape index (κ3) is 3.45. The Morgan fingerprint density at radius 2 is 2.13 bits per heavy atom. The lowest BCUT2D eigenvalue weighted by Gasteiger charge is -2.18. The minimum atomic E-state index is -0.418. The number of nitrogens with one attached hydrogen (secondary N) is 1. The number of benzene rings is 1. The minimum Gasteiger partial charge on any atom is -0.357 e. The van der Waals surface area contributed by atoms with Gasteiger partial charge in [0.25, 0.3) is 0 Å². The molecule has 1 N–H and O–H groups in total. The van der Waals surface area contributed by atoms with E-state index in [1.807, 2.05) is 6.92 Å². The molecular weight excluding hydrogens is 299 g/mol. The van der Waals surface area contributed by atoms with Gasteiger partial charge in [0, 0.05) is 36.1 Å². The maximum atomic E-state index is 13.2. The first kappa shape index (κ1) is 15.4. The molecule has 23 heavy (non-hydrogen) atoms. The summed E-state index contributed by atoms with van der Waals surface area (Å²) in [6, 6.07) is 5.67. The number of rotatable bonds is 5. The van der Waals surface area contributed by atoms with Gasteiger partial charge in [-0.1, -0.05) is 12.1 Å². The van der Waals surface area contributed by atoms with Gasteiger partial charge in [0.1, 0.15) is 5.82 Å². The molecule has 0 aliphatic heterocycles. The van der Waals surface area contributed by atoms with Crippen molar-refractivity contribution in [3.05, 3.63) is 57.7 Å². The normalized spacial score (nSPS) is 11.5. The molecular formula is C16H17FN4O2. The number of hydrogen-bond donors (Lipinski definition) is 1. The lowest BCUT2D eigenvalue weighted by molar-refractivity contribution is 0.256. The number of fused-ring (bicyclic) bond motifs is 1. The molecule has 0 unspecified atom stereocenters. The van der Waals surface area contributed by atoms with Crippen LogP contribution >= 0.6 is 0 Å². The van der Waals surface area contributed by atoms with E-state index < -0.39 is 5.82 Å². The van der Waals surface area contributed by atoms with E-state index in [2.05, 4.69) is 20.0 Å². The molecule has 0 fully saturated rings. The van der Waals surface area contributed by atoms with E-state index in [4.69, 9.17) is 4.52 Å². The smallest absolute Gasteiger partial charge is 0.223 e. The number of halogens is 1. The number of aromatic amines is 1. The molecule has 0 aliphatic carbocycles. The minimum absolute atomic E-state index is 0.195. The zero-order chi connectivity index (χ0) is 16.4. The average Bonchev–Trinajstić information content (AvgIpc) is 2.92. The van der Waals surface area contributed by atoms with Crippen LogP contribution in [0, 0.1) is 12.7 Å². The highest BCUT2D eigenvalue weighted by Gasteiger charge is 2.11. The van der Waals surface area contributed by atoms with Crippen molar-refractivity contribution in [3.8, 4) is 0 Å². The van der Waals surface area contributed by atoms with Gasteiger partial charge in [-0.2, -0.15) is 4.98 Å². The standard InChI is InChI=1S/C16H17FN4O2/c1-3-21(9-16-18-10(2)23-20-16)8-12-7-15(22)13-6-11(17)4-5-14(13)19-12/h4-7H,3,8-9H2,1-2H3,(H,19,22). The van der Waals surface area contributed by atoms with Crippen LogP contribution in [-0.2, 0) is 13.1 Å². The van der Waals surface area contributed by atoms with Gasteiger partial charge in [0.15, 0.2) is 11.3 Å². The Morgan fingerprint density at radius 3 is 2.83 bits per heavy atom. The summed E-state index contributed by atoms with van der Waals surface area (Å²) in [6.45, 7) is 5.58. The van der Waals surface area contributed by atoms with E-state index >= 15 is 0 Å². The highest BCUT2D eigenvalue weighted by Crippen LogP contribution is 2.12. The fraction of sp³-hybridized carbons (Fsp3) is 0.312. The van der Waals surface area contributed by atoms with Crippen LogP contribution in [0.2, 0.25) is 0 Å². The van der Waals surface area contributed by atoms with E-state index in [1.165, 1.54) is 18.2 Å². The summed E-state index contributed by atoms with van der Waals surface area (Å²) in [5, 5.41) is 4.23. The van der Waals surface area contributed by atoms with Gasteiger partial charge in [-0.05, 0) is 24.7 Å². The molecule has 0 amide bonds. The summed E-state index contributed by atoms with van der Waals surface area (Å²) < 4.78 is 18.2. The topological polar surface area (TPSA) is 75.0 Å². The molecule has 7 heteroatoms. The van der Waals surface area contributed by atoms with Gasteiger partial charge >= 0.3 is 0 Å². The highest BCUT2D eigenvalue weighted by atomic mass is 19.1. The lowest BCUT2D eigenvalue weighted by atomic mass is 10.2. The predicted octanol–water partition coefficient (Wildman–Crippen LogP) is 2.38. The van der Waals surface area contributed by atoms with Crippen LogP contribution in [0.15, 0.2) is 33.6 Å². The van der Waals surface area contributed by atoms with E-state index in [0.29, 0.717) is 35.7 Å². The Labute approximate surface area is 131 Å². The Hall–Kier alpha value is -2.54. The molecule has 6 nitrogen and oxygen atoms in total. The molecule has 0 radical (unpaired) electrons. The Kier molecular flexibility index (Phi) is 4.20. The summed E-state index contributed by atoms with van der Waals surface area (Å²) >= 11 is 0. The van der Waals surface area contributed by atoms with Crippen LogP contribution in [0.3, 0.4) is 0 Å². The molecule has 0 bridgehead atoms. The van der Waals surface area contributed by atoms with Crippen LogP contribution in [0.1, 0.15) is 24.3 Å². The maximum absolute atomic E-state index is 13.2. The summed E-state index contributed by atoms with van der Waals surface area (Å²) in [5.74, 6) is 0.713. The van der Waals surface area contributed by atoms with Gasteiger partial charge in [0.2, 0.25) is 5.89 Å². The summed E-state index contributed by atoms with van der Waals surface area (Å²) in [4.78, 5) is 21.6. The van der Waals surface area contributed by atoms with Crippen molar-refractivity contribution in [3.63, 3.8) is 0 Å². The predicted molar refractivity (Wildman–Crippen MR) is 83.3 cm³/mol. The number of aryl methyl sites for hydroxylation is 1. The van der Waals surface area contributed by atoms with Gasteiger partial charge in [0.05, 0.1) is 6.54 Å². The van der Waals surface area contributed by atoms with E-state index in [0.717, 1.165) is 12.2 Å². The van der Waals surface area contributed by atoms with Crippen molar-refractivity contribution >= 4 is 10.9 Å². The quantitative estimate of drug-likeness (QED) is 0.782. The Bertz CT molecular complexity index is 887. The first-order valence-corrected chi connectivity index (χ1v) is 7.38. The second-order valence-corrected chi connectivity index (χ2v) is 5.38. The molecule has 1 aromatic carbocycles. The zero-order valence-corrected chi connectivity index (χ0v) is 13.0. The zero-order valence-electron chi connectivity index (χ0n) is 13.0. The van der Waals surface area contributed by atoms with Crippen LogP contribution in [-0.4, -0.2) is 26.6 Å². The number of pyridine rings is 1. The van der Waals surface area contributed by atoms with Crippen molar-refractivity contribution in [2.24, 2.45) is 0 Å². The molecule has 0 spiro atoms. The number of H-pyrrole nitrogens is 1. The van der Waals surface area contributed by atoms with Crippen LogP contribution in [0.25, 0.3) is 10.9 Å². The van der Waals surface area contributed by atoms with Gasteiger partial charge in [-0.3, -0.25) is 9.69 Å². The first-order valence-electron chi connectivity index (χ1n) is 7.38. The monoisotopic (exact) mass is 316 g/mol. The average molecular weight is 316 g/mol. The molecule has 3 aromatic rings. The number of nitrogens with zero attached hydrogens (tertiary/aromatic N) is 3. The number of aromatic nitrogens is 3. The summed E-state index contributed by atoms with van der Waals surface area (Å²) in [6.07, 6.45) is 0. The van der Waals surface area contributed by atoms with Gasteiger partial charge in [-0.15, -0.1) is 0 Å². The van der Waals surface area contributed by atoms with Gasteiger partial charge in [-0.25, -0.2) is 4.39 Å². The second kappa shape index (κ2) is 6.29. The fourth-order valence-corrected chi connectivity index (χ4v) is 2.49. The molecule has 0 saturated heterocycles.